The van der Waals surface area contributed by atoms with Gasteiger partial charge in [0.1, 0.15) is 5.82 Å². The fourth-order valence-electron chi connectivity index (χ4n) is 2.16. The van der Waals surface area contributed by atoms with Crippen LogP contribution in [0.1, 0.15) is 24.9 Å². The molecule has 1 atom stereocenters. The molecular formula is C17H16ClFN2O2. The molecule has 120 valence electrons. The summed E-state index contributed by atoms with van der Waals surface area (Å²) in [7, 11) is 0. The third kappa shape index (κ3) is 5.07. The van der Waals surface area contributed by atoms with E-state index in [9.17, 15) is 14.0 Å². The molecule has 0 aliphatic carbocycles. The highest BCUT2D eigenvalue weighted by molar-refractivity contribution is 6.30. The van der Waals surface area contributed by atoms with E-state index < -0.39 is 17.8 Å². The molecule has 0 aromatic heterocycles. The van der Waals surface area contributed by atoms with Gasteiger partial charge in [0, 0.05) is 11.9 Å². The zero-order chi connectivity index (χ0) is 16.8. The predicted molar refractivity (Wildman–Crippen MR) is 87.7 cm³/mol. The first-order valence-electron chi connectivity index (χ1n) is 7.02. The second-order valence-corrected chi connectivity index (χ2v) is 5.48. The van der Waals surface area contributed by atoms with E-state index in [1.165, 1.54) is 19.1 Å². The molecule has 0 saturated carbocycles. The van der Waals surface area contributed by atoms with Crippen molar-refractivity contribution in [3.63, 3.8) is 0 Å². The minimum atomic E-state index is -0.610. The van der Waals surface area contributed by atoms with Crippen molar-refractivity contribution < 1.29 is 14.0 Å². The molecule has 6 heteroatoms. The minimum Gasteiger partial charge on any atom is -0.349 e. The van der Waals surface area contributed by atoms with Gasteiger partial charge in [0.15, 0.2) is 0 Å². The second kappa shape index (κ2) is 7.74. The molecule has 4 nitrogen and oxygen atoms in total. The maximum atomic E-state index is 13.7. The number of hydrogen-bond donors (Lipinski definition) is 2. The average Bonchev–Trinajstić information content (AvgIpc) is 2.50. The number of amides is 2. The molecule has 0 radical (unpaired) electrons. The van der Waals surface area contributed by atoms with Crippen molar-refractivity contribution in [3.8, 4) is 0 Å². The van der Waals surface area contributed by atoms with Gasteiger partial charge >= 0.3 is 0 Å². The lowest BCUT2D eigenvalue weighted by atomic mass is 10.0. The summed E-state index contributed by atoms with van der Waals surface area (Å²) in [4.78, 5) is 23.5. The van der Waals surface area contributed by atoms with Gasteiger partial charge in [-0.05, 0) is 23.8 Å². The van der Waals surface area contributed by atoms with Gasteiger partial charge < -0.3 is 10.6 Å². The maximum Gasteiger partial charge on any atom is 0.226 e. The number of hydrogen-bond acceptors (Lipinski definition) is 2. The van der Waals surface area contributed by atoms with Gasteiger partial charge in [-0.15, -0.1) is 0 Å². The van der Waals surface area contributed by atoms with Crippen LogP contribution in [-0.4, -0.2) is 11.8 Å². The Hall–Kier alpha value is -2.40. The van der Waals surface area contributed by atoms with Gasteiger partial charge in [0.05, 0.1) is 18.2 Å². The van der Waals surface area contributed by atoms with Crippen molar-refractivity contribution in [3.05, 3.63) is 64.9 Å². The standard InChI is InChI=1S/C17H16ClFN2O2/c1-11(22)20-16(12-5-3-2-4-6-12)10-17(23)21-15-8-7-13(18)9-14(15)19/h2-9,16H,10H2,1H3,(H,20,22)(H,21,23)/t16-/m0/s1. The molecule has 2 aromatic rings. The highest BCUT2D eigenvalue weighted by Gasteiger charge is 2.17. The summed E-state index contributed by atoms with van der Waals surface area (Å²) >= 11 is 5.67. The summed E-state index contributed by atoms with van der Waals surface area (Å²) in [6, 6.07) is 12.6. The highest BCUT2D eigenvalue weighted by atomic mass is 35.5. The smallest absolute Gasteiger partial charge is 0.226 e. The van der Waals surface area contributed by atoms with Crippen molar-refractivity contribution in [2.24, 2.45) is 0 Å². The third-order valence-electron chi connectivity index (χ3n) is 3.17. The maximum absolute atomic E-state index is 13.7. The van der Waals surface area contributed by atoms with Crippen LogP contribution in [0, 0.1) is 5.82 Å². The van der Waals surface area contributed by atoms with Crippen LogP contribution in [0.2, 0.25) is 5.02 Å². The zero-order valence-electron chi connectivity index (χ0n) is 12.5. The molecule has 0 heterocycles. The molecule has 0 aliphatic heterocycles. The Labute approximate surface area is 138 Å². The van der Waals surface area contributed by atoms with Crippen molar-refractivity contribution in [2.75, 3.05) is 5.32 Å². The third-order valence-corrected chi connectivity index (χ3v) is 3.41. The lowest BCUT2D eigenvalue weighted by Crippen LogP contribution is -2.29. The Bertz CT molecular complexity index is 707. The van der Waals surface area contributed by atoms with Crippen molar-refractivity contribution in [1.29, 1.82) is 0 Å². The SMILES string of the molecule is CC(=O)N[C@@H](CC(=O)Nc1ccc(Cl)cc1F)c1ccccc1. The van der Waals surface area contributed by atoms with Gasteiger partial charge in [0.25, 0.3) is 0 Å². The van der Waals surface area contributed by atoms with Crippen LogP contribution in [0.25, 0.3) is 0 Å². The first kappa shape index (κ1) is 17.0. The van der Waals surface area contributed by atoms with Gasteiger partial charge in [-0.25, -0.2) is 4.39 Å². The monoisotopic (exact) mass is 334 g/mol. The Morgan fingerprint density at radius 1 is 1.17 bits per heavy atom. The fourth-order valence-corrected chi connectivity index (χ4v) is 2.32. The van der Waals surface area contributed by atoms with E-state index >= 15 is 0 Å². The lowest BCUT2D eigenvalue weighted by Gasteiger charge is -2.18. The molecule has 2 aromatic carbocycles. The molecule has 2 rings (SSSR count). The van der Waals surface area contributed by atoms with Crippen LogP contribution >= 0.6 is 11.6 Å². The number of benzene rings is 2. The van der Waals surface area contributed by atoms with Crippen LogP contribution < -0.4 is 10.6 Å². The molecule has 0 unspecified atom stereocenters. The summed E-state index contributed by atoms with van der Waals surface area (Å²) in [5.41, 5.74) is 0.850. The number of anilines is 1. The molecule has 0 fully saturated rings. The minimum absolute atomic E-state index is 0.00827. The van der Waals surface area contributed by atoms with Crippen LogP contribution in [0.4, 0.5) is 10.1 Å². The Balaban J connectivity index is 2.09. The first-order chi connectivity index (χ1) is 11.0. The summed E-state index contributed by atoms with van der Waals surface area (Å²) in [6.07, 6.45) is -0.00827. The molecule has 2 N–H and O–H groups in total. The Morgan fingerprint density at radius 2 is 1.87 bits per heavy atom. The first-order valence-corrected chi connectivity index (χ1v) is 7.40. The fraction of sp³-hybridized carbons (Fsp3) is 0.176. The molecular weight excluding hydrogens is 319 g/mol. The summed E-state index contributed by atoms with van der Waals surface area (Å²) in [6.45, 7) is 1.38. The topological polar surface area (TPSA) is 58.2 Å². The molecule has 0 saturated heterocycles. The zero-order valence-corrected chi connectivity index (χ0v) is 13.2. The summed E-state index contributed by atoms with van der Waals surface area (Å²) in [5, 5.41) is 5.46. The number of carbonyl (C=O) groups excluding carboxylic acids is 2. The molecule has 0 spiro atoms. The van der Waals surface area contributed by atoms with Crippen LogP contribution in [0.3, 0.4) is 0 Å². The number of halogens is 2. The molecule has 23 heavy (non-hydrogen) atoms. The summed E-state index contributed by atoms with van der Waals surface area (Å²) < 4.78 is 13.7. The predicted octanol–water partition coefficient (Wildman–Crippen LogP) is 3.69. The van der Waals surface area contributed by atoms with E-state index in [1.807, 2.05) is 30.3 Å². The molecule has 0 aliphatic rings. The summed E-state index contributed by atoms with van der Waals surface area (Å²) in [5.74, 6) is -1.26. The number of nitrogens with one attached hydrogen (secondary N) is 2. The molecule has 0 bridgehead atoms. The number of carbonyl (C=O) groups is 2. The Kier molecular flexibility index (Phi) is 5.71. The van der Waals surface area contributed by atoms with E-state index in [0.717, 1.165) is 11.6 Å². The van der Waals surface area contributed by atoms with Gasteiger partial charge in [0.2, 0.25) is 11.8 Å². The Morgan fingerprint density at radius 3 is 2.48 bits per heavy atom. The van der Waals surface area contributed by atoms with Crippen molar-refractivity contribution >= 4 is 29.1 Å². The van der Waals surface area contributed by atoms with E-state index in [2.05, 4.69) is 10.6 Å². The average molecular weight is 335 g/mol. The quantitative estimate of drug-likeness (QED) is 0.876. The van der Waals surface area contributed by atoms with Gasteiger partial charge in [-0.1, -0.05) is 41.9 Å². The van der Waals surface area contributed by atoms with Crippen molar-refractivity contribution in [2.45, 2.75) is 19.4 Å². The lowest BCUT2D eigenvalue weighted by molar-refractivity contribution is -0.120. The van der Waals surface area contributed by atoms with Crippen LogP contribution in [-0.2, 0) is 9.59 Å². The van der Waals surface area contributed by atoms with Crippen LogP contribution in [0.5, 0.6) is 0 Å². The van der Waals surface area contributed by atoms with E-state index in [0.29, 0.717) is 0 Å². The molecule has 2 amide bonds. The second-order valence-electron chi connectivity index (χ2n) is 5.04. The number of rotatable bonds is 5. The van der Waals surface area contributed by atoms with E-state index in [-0.39, 0.29) is 23.0 Å². The van der Waals surface area contributed by atoms with Gasteiger partial charge in [-0.2, -0.15) is 0 Å². The van der Waals surface area contributed by atoms with Gasteiger partial charge in [-0.3, -0.25) is 9.59 Å². The van der Waals surface area contributed by atoms with Crippen LogP contribution in [0.15, 0.2) is 48.5 Å². The van der Waals surface area contributed by atoms with E-state index in [4.69, 9.17) is 11.6 Å². The van der Waals surface area contributed by atoms with E-state index in [1.54, 1.807) is 0 Å². The normalized spacial score (nSPS) is 11.6. The highest BCUT2D eigenvalue weighted by Crippen LogP contribution is 2.21. The largest absolute Gasteiger partial charge is 0.349 e. The van der Waals surface area contributed by atoms with Crippen molar-refractivity contribution in [1.82, 2.24) is 5.32 Å².